The van der Waals surface area contributed by atoms with E-state index in [4.69, 9.17) is 10.5 Å². The van der Waals surface area contributed by atoms with Crippen molar-refractivity contribution >= 4 is 15.7 Å². The van der Waals surface area contributed by atoms with E-state index in [-0.39, 0.29) is 24.2 Å². The number of hydrogen-bond donors (Lipinski definition) is 2. The van der Waals surface area contributed by atoms with Crippen molar-refractivity contribution in [3.63, 3.8) is 0 Å². The molecule has 122 valence electrons. The summed E-state index contributed by atoms with van der Waals surface area (Å²) in [7, 11) is -3.09. The fourth-order valence-electron chi connectivity index (χ4n) is 2.83. The number of carbonyl (C=O) groups is 1. The monoisotopic (exact) mass is 319 g/mol. The summed E-state index contributed by atoms with van der Waals surface area (Å²) in [5, 5.41) is 2.76. The number of amides is 1. The highest BCUT2D eigenvalue weighted by Gasteiger charge is 2.32. The molecule has 2 aliphatic heterocycles. The number of ether oxygens (including phenoxy) is 1. The Balaban J connectivity index is 1.68. The van der Waals surface area contributed by atoms with Gasteiger partial charge in [0.25, 0.3) is 0 Å². The third-order valence-electron chi connectivity index (χ3n) is 4.10. The number of rotatable bonds is 6. The van der Waals surface area contributed by atoms with Crippen LogP contribution in [0.5, 0.6) is 0 Å². The van der Waals surface area contributed by atoms with Gasteiger partial charge in [-0.1, -0.05) is 0 Å². The maximum atomic E-state index is 11.8. The van der Waals surface area contributed by atoms with Crippen LogP contribution in [0.3, 0.4) is 0 Å². The minimum atomic E-state index is -3.09. The van der Waals surface area contributed by atoms with Crippen LogP contribution in [-0.4, -0.2) is 75.7 Å². The molecule has 0 aromatic rings. The Kier molecular flexibility index (Phi) is 5.59. The van der Waals surface area contributed by atoms with Crippen molar-refractivity contribution in [2.75, 3.05) is 38.2 Å². The van der Waals surface area contributed by atoms with Gasteiger partial charge in [0.1, 0.15) is 9.84 Å². The van der Waals surface area contributed by atoms with E-state index in [1.165, 1.54) is 12.8 Å². The van der Waals surface area contributed by atoms with Gasteiger partial charge < -0.3 is 15.8 Å². The molecule has 3 unspecified atom stereocenters. The number of morpholine rings is 1. The van der Waals surface area contributed by atoms with Crippen molar-refractivity contribution in [1.82, 2.24) is 10.2 Å². The molecule has 0 radical (unpaired) electrons. The van der Waals surface area contributed by atoms with Gasteiger partial charge >= 0.3 is 0 Å². The molecule has 8 heteroatoms. The zero-order valence-electron chi connectivity index (χ0n) is 12.5. The Morgan fingerprint density at radius 2 is 2.29 bits per heavy atom. The van der Waals surface area contributed by atoms with E-state index < -0.39 is 15.9 Å². The first-order chi connectivity index (χ1) is 9.85. The van der Waals surface area contributed by atoms with Gasteiger partial charge in [-0.3, -0.25) is 9.69 Å². The van der Waals surface area contributed by atoms with Crippen LogP contribution in [0, 0.1) is 0 Å². The van der Waals surface area contributed by atoms with Gasteiger partial charge in [-0.15, -0.1) is 0 Å². The molecule has 0 aliphatic carbocycles. The summed E-state index contributed by atoms with van der Waals surface area (Å²) in [6.45, 7) is 3.09. The summed E-state index contributed by atoms with van der Waals surface area (Å²) in [5.74, 6) is -0.387. The summed E-state index contributed by atoms with van der Waals surface area (Å²) in [5.41, 5.74) is 5.70. The Hall–Kier alpha value is -0.700. The maximum Gasteiger partial charge on any atom is 0.237 e. The summed E-state index contributed by atoms with van der Waals surface area (Å²) >= 11 is 0. The molecule has 0 aromatic heterocycles. The van der Waals surface area contributed by atoms with Gasteiger partial charge in [-0.2, -0.15) is 0 Å². The van der Waals surface area contributed by atoms with E-state index in [1.807, 2.05) is 0 Å². The standard InChI is InChI=1S/C13H25N3O4S/c1-21(18,19)6-4-12(14)13(17)15-7-11-8-16-5-2-3-10(16)9-20-11/h10-12H,2-9,14H2,1H3,(H,15,17). The maximum absolute atomic E-state index is 11.8. The number of nitrogens with one attached hydrogen (secondary N) is 1. The number of fused-ring (bicyclic) bond motifs is 1. The molecular weight excluding hydrogens is 294 g/mol. The van der Waals surface area contributed by atoms with E-state index >= 15 is 0 Å². The molecule has 0 aromatic carbocycles. The minimum absolute atomic E-state index is 0.00888. The zero-order valence-corrected chi connectivity index (χ0v) is 13.3. The molecule has 3 N–H and O–H groups in total. The van der Waals surface area contributed by atoms with Crippen molar-refractivity contribution in [2.45, 2.75) is 37.5 Å². The molecule has 0 spiro atoms. The average Bonchev–Trinajstić information content (AvgIpc) is 2.88. The van der Waals surface area contributed by atoms with Crippen LogP contribution in [0.2, 0.25) is 0 Å². The highest BCUT2D eigenvalue weighted by atomic mass is 32.2. The van der Waals surface area contributed by atoms with Crippen LogP contribution in [0.15, 0.2) is 0 Å². The number of nitrogens with zero attached hydrogens (tertiary/aromatic N) is 1. The van der Waals surface area contributed by atoms with E-state index in [0.717, 1.165) is 26.0 Å². The summed E-state index contributed by atoms with van der Waals surface area (Å²) in [6, 6.07) is -0.253. The van der Waals surface area contributed by atoms with Gasteiger partial charge in [-0.25, -0.2) is 8.42 Å². The van der Waals surface area contributed by atoms with Crippen LogP contribution < -0.4 is 11.1 Å². The molecular formula is C13H25N3O4S. The lowest BCUT2D eigenvalue weighted by atomic mass is 10.2. The van der Waals surface area contributed by atoms with E-state index in [2.05, 4.69) is 10.2 Å². The number of nitrogens with two attached hydrogens (primary N) is 1. The highest BCUT2D eigenvalue weighted by molar-refractivity contribution is 7.90. The molecule has 0 bridgehead atoms. The van der Waals surface area contributed by atoms with Gasteiger partial charge in [0.15, 0.2) is 0 Å². The van der Waals surface area contributed by atoms with Gasteiger partial charge in [-0.05, 0) is 25.8 Å². The van der Waals surface area contributed by atoms with Crippen molar-refractivity contribution in [3.05, 3.63) is 0 Å². The average molecular weight is 319 g/mol. The lowest BCUT2D eigenvalue weighted by molar-refractivity contribution is -0.123. The van der Waals surface area contributed by atoms with Crippen molar-refractivity contribution in [1.29, 1.82) is 0 Å². The number of sulfone groups is 1. The van der Waals surface area contributed by atoms with E-state index in [0.29, 0.717) is 12.6 Å². The lowest BCUT2D eigenvalue weighted by Crippen LogP contribution is -2.51. The van der Waals surface area contributed by atoms with Crippen molar-refractivity contribution in [2.24, 2.45) is 5.73 Å². The second-order valence-electron chi connectivity index (χ2n) is 6.02. The first kappa shape index (κ1) is 16.7. The Morgan fingerprint density at radius 3 is 3.00 bits per heavy atom. The van der Waals surface area contributed by atoms with Gasteiger partial charge in [0.2, 0.25) is 5.91 Å². The second-order valence-corrected chi connectivity index (χ2v) is 8.28. The predicted octanol–water partition coefficient (Wildman–Crippen LogP) is -1.27. The molecule has 21 heavy (non-hydrogen) atoms. The summed E-state index contributed by atoms with van der Waals surface area (Å²) in [4.78, 5) is 14.2. The molecule has 7 nitrogen and oxygen atoms in total. The molecule has 2 saturated heterocycles. The largest absolute Gasteiger partial charge is 0.373 e. The molecule has 2 heterocycles. The normalized spacial score (nSPS) is 28.1. The van der Waals surface area contributed by atoms with Crippen LogP contribution in [-0.2, 0) is 19.4 Å². The Bertz CT molecular complexity index is 468. The fraction of sp³-hybridized carbons (Fsp3) is 0.923. The lowest BCUT2D eigenvalue weighted by Gasteiger charge is -2.35. The Morgan fingerprint density at radius 1 is 1.52 bits per heavy atom. The number of hydrogen-bond acceptors (Lipinski definition) is 6. The highest BCUT2D eigenvalue weighted by Crippen LogP contribution is 2.22. The smallest absolute Gasteiger partial charge is 0.237 e. The van der Waals surface area contributed by atoms with E-state index in [9.17, 15) is 13.2 Å². The first-order valence-corrected chi connectivity index (χ1v) is 9.48. The SMILES string of the molecule is CS(=O)(=O)CCC(N)C(=O)NCC1CN2CCCC2CO1. The van der Waals surface area contributed by atoms with Crippen LogP contribution in [0.25, 0.3) is 0 Å². The van der Waals surface area contributed by atoms with Crippen LogP contribution in [0.1, 0.15) is 19.3 Å². The quantitative estimate of drug-likeness (QED) is 0.633. The molecule has 0 saturated carbocycles. The van der Waals surface area contributed by atoms with Crippen molar-refractivity contribution in [3.8, 4) is 0 Å². The molecule has 2 rings (SSSR count). The van der Waals surface area contributed by atoms with Gasteiger partial charge in [0.05, 0.1) is 24.5 Å². The van der Waals surface area contributed by atoms with Crippen LogP contribution >= 0.6 is 0 Å². The van der Waals surface area contributed by atoms with Crippen molar-refractivity contribution < 1.29 is 17.9 Å². The van der Waals surface area contributed by atoms with Crippen LogP contribution in [0.4, 0.5) is 0 Å². The number of carbonyl (C=O) groups excluding carboxylic acids is 1. The third-order valence-corrected chi connectivity index (χ3v) is 5.08. The molecule has 2 aliphatic rings. The summed E-state index contributed by atoms with van der Waals surface area (Å²) < 4.78 is 27.9. The molecule has 1 amide bonds. The molecule has 3 atom stereocenters. The minimum Gasteiger partial charge on any atom is -0.373 e. The van der Waals surface area contributed by atoms with E-state index in [1.54, 1.807) is 0 Å². The fourth-order valence-corrected chi connectivity index (χ4v) is 3.51. The van der Waals surface area contributed by atoms with Gasteiger partial charge in [0, 0.05) is 25.4 Å². The predicted molar refractivity (Wildman–Crippen MR) is 79.6 cm³/mol. The second kappa shape index (κ2) is 7.04. The zero-order chi connectivity index (χ0) is 15.5. The third kappa shape index (κ3) is 5.21. The first-order valence-electron chi connectivity index (χ1n) is 7.42. The topological polar surface area (TPSA) is 102 Å². The Labute approximate surface area is 126 Å². The molecule has 2 fully saturated rings. The summed E-state index contributed by atoms with van der Waals surface area (Å²) in [6.07, 6.45) is 3.67.